The fraction of sp³-hybridized carbons (Fsp3) is 0.625. The Kier molecular flexibility index (Phi) is 4.97. The largest absolute Gasteiger partial charge is 0.497 e. The van der Waals surface area contributed by atoms with E-state index in [4.69, 9.17) is 4.74 Å². The van der Waals surface area contributed by atoms with Gasteiger partial charge in [0.15, 0.2) is 0 Å². The molecule has 0 bridgehead atoms. The maximum absolute atomic E-state index is 5.33. The number of nitrogens with one attached hydrogen (secondary N) is 1. The van der Waals surface area contributed by atoms with Crippen LogP contribution < -0.4 is 15.0 Å². The smallest absolute Gasteiger partial charge is 0.121 e. The van der Waals surface area contributed by atoms with Crippen LogP contribution in [0.4, 0.5) is 5.69 Å². The lowest BCUT2D eigenvalue weighted by Gasteiger charge is -2.24. The van der Waals surface area contributed by atoms with Gasteiger partial charge < -0.3 is 15.0 Å². The maximum Gasteiger partial charge on any atom is 0.121 e. The van der Waals surface area contributed by atoms with E-state index in [-0.39, 0.29) is 5.54 Å². The van der Waals surface area contributed by atoms with Gasteiger partial charge in [-0.2, -0.15) is 0 Å². The molecule has 1 N–H and O–H groups in total. The molecule has 1 heterocycles. The zero-order valence-corrected chi connectivity index (χ0v) is 14.5. The lowest BCUT2D eigenvalue weighted by molar-refractivity contribution is 0.383. The molecule has 0 spiro atoms. The Morgan fingerprint density at radius 1 is 1.40 bits per heavy atom. The minimum absolute atomic E-state index is 0.198. The highest BCUT2D eigenvalue weighted by Gasteiger charge is 2.25. The summed E-state index contributed by atoms with van der Waals surface area (Å²) < 4.78 is 6.47. The third kappa shape index (κ3) is 4.13. The van der Waals surface area contributed by atoms with E-state index >= 15 is 0 Å². The molecule has 0 radical (unpaired) electrons. The molecule has 1 fully saturated rings. The molecule has 0 aromatic heterocycles. The Labute approximate surface area is 130 Å². The van der Waals surface area contributed by atoms with Crippen LogP contribution in [0.2, 0.25) is 0 Å². The SMILES string of the molecule is COc1ccc(Br)c(N2CCC(CNC(C)(C)C)C2)c1. The Hall–Kier alpha value is -0.740. The number of ether oxygens (including phenoxy) is 1. The van der Waals surface area contributed by atoms with Crippen LogP contribution in [-0.2, 0) is 0 Å². The van der Waals surface area contributed by atoms with Crippen molar-refractivity contribution in [1.82, 2.24) is 5.32 Å². The molecule has 4 heteroatoms. The monoisotopic (exact) mass is 340 g/mol. The number of halogens is 1. The van der Waals surface area contributed by atoms with Gasteiger partial charge in [0.05, 0.1) is 12.8 Å². The topological polar surface area (TPSA) is 24.5 Å². The molecule has 2 rings (SSSR count). The van der Waals surface area contributed by atoms with Gasteiger partial charge in [0.25, 0.3) is 0 Å². The molecule has 0 saturated carbocycles. The van der Waals surface area contributed by atoms with Crippen LogP contribution in [-0.4, -0.2) is 32.3 Å². The van der Waals surface area contributed by atoms with Crippen LogP contribution >= 0.6 is 15.9 Å². The van der Waals surface area contributed by atoms with Crippen molar-refractivity contribution in [3.63, 3.8) is 0 Å². The van der Waals surface area contributed by atoms with Gasteiger partial charge in [-0.05, 0) is 61.2 Å². The summed E-state index contributed by atoms with van der Waals surface area (Å²) in [6.07, 6.45) is 1.24. The van der Waals surface area contributed by atoms with Gasteiger partial charge in [-0.25, -0.2) is 0 Å². The van der Waals surface area contributed by atoms with E-state index in [0.717, 1.165) is 29.9 Å². The van der Waals surface area contributed by atoms with E-state index < -0.39 is 0 Å². The zero-order chi connectivity index (χ0) is 14.8. The normalized spacial score (nSPS) is 19.4. The van der Waals surface area contributed by atoms with Crippen LogP contribution in [0, 0.1) is 5.92 Å². The van der Waals surface area contributed by atoms with Crippen LogP contribution in [0.5, 0.6) is 5.75 Å². The molecule has 1 aliphatic rings. The summed E-state index contributed by atoms with van der Waals surface area (Å²) in [5.74, 6) is 1.63. The molecule has 20 heavy (non-hydrogen) atoms. The summed E-state index contributed by atoms with van der Waals surface area (Å²) in [7, 11) is 1.72. The van der Waals surface area contributed by atoms with Crippen molar-refractivity contribution in [3.05, 3.63) is 22.7 Å². The second-order valence-corrected chi connectivity index (χ2v) is 7.40. The minimum atomic E-state index is 0.198. The molecular weight excluding hydrogens is 316 g/mol. The average Bonchev–Trinajstić information content (AvgIpc) is 2.85. The van der Waals surface area contributed by atoms with E-state index in [1.165, 1.54) is 12.1 Å². The standard InChI is InChI=1S/C16H25BrN2O/c1-16(2,3)18-10-12-7-8-19(11-12)15-9-13(20-4)5-6-14(15)17/h5-6,9,12,18H,7-8,10-11H2,1-4H3. The number of methoxy groups -OCH3 is 1. The summed E-state index contributed by atoms with van der Waals surface area (Å²) in [5.41, 5.74) is 1.44. The second-order valence-electron chi connectivity index (χ2n) is 6.55. The van der Waals surface area contributed by atoms with Crippen LogP contribution in [0.15, 0.2) is 22.7 Å². The van der Waals surface area contributed by atoms with Gasteiger partial charge in [0.2, 0.25) is 0 Å². The van der Waals surface area contributed by atoms with E-state index in [1.807, 2.05) is 6.07 Å². The lowest BCUT2D eigenvalue weighted by Crippen LogP contribution is -2.39. The van der Waals surface area contributed by atoms with Crippen molar-refractivity contribution in [2.45, 2.75) is 32.7 Å². The third-order valence-electron chi connectivity index (χ3n) is 3.70. The summed E-state index contributed by atoms with van der Waals surface area (Å²) in [6, 6.07) is 6.17. The van der Waals surface area contributed by atoms with E-state index in [2.05, 4.69) is 59.1 Å². The number of hydrogen-bond donors (Lipinski definition) is 1. The van der Waals surface area contributed by atoms with E-state index in [0.29, 0.717) is 5.92 Å². The van der Waals surface area contributed by atoms with Crippen molar-refractivity contribution in [3.8, 4) is 5.75 Å². The predicted octanol–water partition coefficient (Wildman–Crippen LogP) is 3.67. The summed E-state index contributed by atoms with van der Waals surface area (Å²) in [5, 5.41) is 3.61. The van der Waals surface area contributed by atoms with Crippen LogP contribution in [0.3, 0.4) is 0 Å². The average molecular weight is 341 g/mol. The molecule has 1 saturated heterocycles. The van der Waals surface area contributed by atoms with Gasteiger partial charge in [-0.3, -0.25) is 0 Å². The minimum Gasteiger partial charge on any atom is -0.497 e. The first kappa shape index (κ1) is 15.6. The first-order chi connectivity index (χ1) is 9.39. The highest BCUT2D eigenvalue weighted by atomic mass is 79.9. The molecule has 112 valence electrons. The Balaban J connectivity index is 1.99. The molecule has 1 aliphatic heterocycles. The van der Waals surface area contributed by atoms with Crippen molar-refractivity contribution in [2.24, 2.45) is 5.92 Å². The van der Waals surface area contributed by atoms with Crippen molar-refractivity contribution < 1.29 is 4.74 Å². The molecular formula is C16H25BrN2O. The Morgan fingerprint density at radius 3 is 2.80 bits per heavy atom. The molecule has 0 aliphatic carbocycles. The Bertz CT molecular complexity index is 456. The van der Waals surface area contributed by atoms with Gasteiger partial charge >= 0.3 is 0 Å². The predicted molar refractivity (Wildman–Crippen MR) is 88.8 cm³/mol. The third-order valence-corrected chi connectivity index (χ3v) is 4.37. The number of hydrogen-bond acceptors (Lipinski definition) is 3. The molecule has 1 atom stereocenters. The van der Waals surface area contributed by atoms with Crippen LogP contribution in [0.1, 0.15) is 27.2 Å². The van der Waals surface area contributed by atoms with Gasteiger partial charge in [0.1, 0.15) is 5.75 Å². The summed E-state index contributed by atoms with van der Waals surface area (Å²) in [6.45, 7) is 9.97. The Morgan fingerprint density at radius 2 is 2.15 bits per heavy atom. The van der Waals surface area contributed by atoms with Crippen LogP contribution in [0.25, 0.3) is 0 Å². The first-order valence-corrected chi connectivity index (χ1v) is 8.02. The fourth-order valence-corrected chi connectivity index (χ4v) is 3.03. The summed E-state index contributed by atoms with van der Waals surface area (Å²) in [4.78, 5) is 2.45. The molecule has 1 unspecified atom stereocenters. The van der Waals surface area contributed by atoms with Crippen molar-refractivity contribution in [2.75, 3.05) is 31.6 Å². The molecule has 1 aromatic carbocycles. The number of benzene rings is 1. The highest BCUT2D eigenvalue weighted by molar-refractivity contribution is 9.10. The lowest BCUT2D eigenvalue weighted by atomic mass is 10.1. The second kappa shape index (κ2) is 6.35. The van der Waals surface area contributed by atoms with Gasteiger partial charge in [-0.15, -0.1) is 0 Å². The zero-order valence-electron chi connectivity index (χ0n) is 12.9. The highest BCUT2D eigenvalue weighted by Crippen LogP contribution is 2.33. The molecule has 1 aromatic rings. The fourth-order valence-electron chi connectivity index (χ4n) is 2.53. The van der Waals surface area contributed by atoms with Crippen molar-refractivity contribution in [1.29, 1.82) is 0 Å². The first-order valence-electron chi connectivity index (χ1n) is 7.22. The van der Waals surface area contributed by atoms with Gasteiger partial charge in [0, 0.05) is 35.7 Å². The number of anilines is 1. The van der Waals surface area contributed by atoms with E-state index in [1.54, 1.807) is 7.11 Å². The quantitative estimate of drug-likeness (QED) is 0.904. The number of rotatable bonds is 4. The van der Waals surface area contributed by atoms with Crippen molar-refractivity contribution >= 4 is 21.6 Å². The molecule has 0 amide bonds. The van der Waals surface area contributed by atoms with E-state index in [9.17, 15) is 0 Å². The molecule has 3 nitrogen and oxygen atoms in total. The summed E-state index contributed by atoms with van der Waals surface area (Å²) >= 11 is 3.65. The number of nitrogens with zero attached hydrogens (tertiary/aromatic N) is 1. The van der Waals surface area contributed by atoms with Gasteiger partial charge in [-0.1, -0.05) is 0 Å². The maximum atomic E-state index is 5.33.